The molecule has 10 heteroatoms. The number of nitrogens with zero attached hydrogens (tertiary/aromatic N) is 4. The maximum absolute atomic E-state index is 12.2. The maximum Gasteiger partial charge on any atom is 0.262 e. The van der Waals surface area contributed by atoms with Gasteiger partial charge < -0.3 is 15.7 Å². The van der Waals surface area contributed by atoms with E-state index in [-0.39, 0.29) is 6.10 Å². The van der Waals surface area contributed by atoms with E-state index in [9.17, 15) is 10.0 Å². The number of carbonyl (C=O) groups is 1. The number of imidazole rings is 1. The van der Waals surface area contributed by atoms with E-state index in [1.165, 1.54) is 16.4 Å². The van der Waals surface area contributed by atoms with Crippen molar-refractivity contribution in [2.24, 2.45) is 5.73 Å². The van der Waals surface area contributed by atoms with Crippen LogP contribution in [-0.2, 0) is 6.54 Å². The highest BCUT2D eigenvalue weighted by Gasteiger charge is 2.21. The highest BCUT2D eigenvalue weighted by atomic mass is 35.5. The van der Waals surface area contributed by atoms with Crippen molar-refractivity contribution in [3.8, 4) is 10.8 Å². The van der Waals surface area contributed by atoms with E-state index < -0.39 is 5.91 Å². The quantitative estimate of drug-likeness (QED) is 0.379. The lowest BCUT2D eigenvalue weighted by molar-refractivity contribution is -0.118. The molecular weight excluding hydrogens is 486 g/mol. The normalized spacial score (nSPS) is 16.0. The first-order valence-electron chi connectivity index (χ1n) is 11.4. The molecule has 0 radical (unpaired) electrons. The first-order valence-corrected chi connectivity index (χ1v) is 12.6. The van der Waals surface area contributed by atoms with E-state index in [1.807, 2.05) is 47.9 Å². The second-order valence-electron chi connectivity index (χ2n) is 8.59. The van der Waals surface area contributed by atoms with E-state index in [0.29, 0.717) is 28.7 Å². The average Bonchev–Trinajstić information content (AvgIpc) is 3.44. The number of hydroxylamine groups is 2. The molecule has 5 rings (SSSR count). The predicted molar refractivity (Wildman–Crippen MR) is 137 cm³/mol. The van der Waals surface area contributed by atoms with Crippen molar-refractivity contribution in [3.63, 3.8) is 0 Å². The number of carbonyl (C=O) groups excluding carboxylic acids is 1. The largest absolute Gasteiger partial charge is 0.484 e. The first-order chi connectivity index (χ1) is 16.9. The lowest BCUT2D eigenvalue weighted by atomic mass is 10.1. The number of benzene rings is 2. The van der Waals surface area contributed by atoms with Crippen molar-refractivity contribution in [1.29, 1.82) is 0 Å². The van der Waals surface area contributed by atoms with Crippen molar-refractivity contribution >= 4 is 39.9 Å². The summed E-state index contributed by atoms with van der Waals surface area (Å²) in [6.45, 7) is 5.58. The average molecular weight is 512 g/mol. The number of aromatic nitrogens is 2. The molecule has 8 nitrogen and oxygen atoms in total. The Morgan fingerprint density at radius 2 is 1.97 bits per heavy atom. The van der Waals surface area contributed by atoms with Crippen LogP contribution in [0.1, 0.15) is 33.8 Å². The molecule has 1 unspecified atom stereocenters. The highest BCUT2D eigenvalue weighted by molar-refractivity contribution is 7.16. The summed E-state index contributed by atoms with van der Waals surface area (Å²) in [4.78, 5) is 19.4. The molecular formula is C25H26ClN5O3S. The van der Waals surface area contributed by atoms with Crippen LogP contribution in [0.15, 0.2) is 54.9 Å². The van der Waals surface area contributed by atoms with E-state index in [4.69, 9.17) is 22.1 Å². The minimum Gasteiger partial charge on any atom is -0.484 e. The number of rotatable bonds is 7. The Morgan fingerprint density at radius 1 is 1.20 bits per heavy atom. The fraction of sp³-hybridized carbons (Fsp3) is 0.280. The molecule has 2 aromatic carbocycles. The number of nitrogens with two attached hydrogens (primary N) is 1. The van der Waals surface area contributed by atoms with Crippen LogP contribution >= 0.6 is 22.9 Å². The summed E-state index contributed by atoms with van der Waals surface area (Å²) in [5.41, 5.74) is 9.47. The summed E-state index contributed by atoms with van der Waals surface area (Å²) in [6.07, 6.45) is 1.38. The lowest BCUT2D eigenvalue weighted by Crippen LogP contribution is -2.44. The van der Waals surface area contributed by atoms with Gasteiger partial charge in [0.1, 0.15) is 28.1 Å². The van der Waals surface area contributed by atoms with Crippen LogP contribution in [0.2, 0.25) is 5.02 Å². The number of ether oxygens (including phenoxy) is 1. The number of hydrogen-bond acceptors (Lipinski definition) is 7. The molecule has 0 aliphatic carbocycles. The summed E-state index contributed by atoms with van der Waals surface area (Å²) in [5, 5.41) is 12.4. The topological polar surface area (TPSA) is 96.8 Å². The number of amides is 1. The molecule has 4 aromatic rings. The molecule has 1 saturated heterocycles. The van der Waals surface area contributed by atoms with Crippen molar-refractivity contribution in [1.82, 2.24) is 19.5 Å². The number of primary amides is 1. The Labute approximate surface area is 212 Å². The number of thiophene rings is 1. The van der Waals surface area contributed by atoms with Gasteiger partial charge in [-0.25, -0.2) is 4.98 Å². The van der Waals surface area contributed by atoms with Crippen LogP contribution in [0.3, 0.4) is 0 Å². The molecule has 2 aromatic heterocycles. The Bertz CT molecular complexity index is 1360. The van der Waals surface area contributed by atoms with Gasteiger partial charge in [-0.05, 0) is 30.7 Å². The fourth-order valence-electron chi connectivity index (χ4n) is 4.28. The third kappa shape index (κ3) is 5.05. The molecule has 1 amide bonds. The van der Waals surface area contributed by atoms with Crippen LogP contribution in [0.5, 0.6) is 5.75 Å². The monoisotopic (exact) mass is 511 g/mol. The molecule has 1 aliphatic heterocycles. The molecule has 0 saturated carbocycles. The molecule has 1 aliphatic rings. The minimum atomic E-state index is -0.546. The van der Waals surface area contributed by atoms with Gasteiger partial charge in [0, 0.05) is 49.4 Å². The van der Waals surface area contributed by atoms with E-state index in [2.05, 4.69) is 22.0 Å². The van der Waals surface area contributed by atoms with Gasteiger partial charge in [0.25, 0.3) is 5.91 Å². The first kappa shape index (κ1) is 23.8. The summed E-state index contributed by atoms with van der Waals surface area (Å²) in [7, 11) is 0. The van der Waals surface area contributed by atoms with Gasteiger partial charge in [0.2, 0.25) is 0 Å². The standard InChI is InChI=1S/C25H26ClN5O3S/c1-16(18-4-2-3-5-19(18)26)34-22-13-23(35-24(22)25(27)32)31-15-28-20-7-6-17(12-21(20)31)14-29-8-10-30(33)11-9-29/h2-7,12-13,15-16,33H,8-11,14H2,1H3,(H2,27,32). The van der Waals surface area contributed by atoms with Gasteiger partial charge in [-0.15, -0.1) is 11.3 Å². The number of halogens is 1. The van der Waals surface area contributed by atoms with Gasteiger partial charge in [0.15, 0.2) is 0 Å². The van der Waals surface area contributed by atoms with E-state index >= 15 is 0 Å². The Balaban J connectivity index is 1.44. The SMILES string of the molecule is CC(Oc1cc(-n2cnc3ccc(CN4CCN(O)CC4)cc32)sc1C(N)=O)c1ccccc1Cl. The van der Waals surface area contributed by atoms with Crippen LogP contribution in [0.4, 0.5) is 0 Å². The molecule has 3 heterocycles. The lowest BCUT2D eigenvalue weighted by Gasteiger charge is -2.31. The predicted octanol–water partition coefficient (Wildman–Crippen LogP) is 4.49. The summed E-state index contributed by atoms with van der Waals surface area (Å²) >= 11 is 7.60. The van der Waals surface area contributed by atoms with Crippen LogP contribution in [-0.4, -0.2) is 56.8 Å². The smallest absolute Gasteiger partial charge is 0.262 e. The molecule has 0 spiro atoms. The van der Waals surface area contributed by atoms with E-state index in [0.717, 1.165) is 46.8 Å². The summed E-state index contributed by atoms with van der Waals surface area (Å²) in [6, 6.07) is 15.5. The second-order valence-corrected chi connectivity index (χ2v) is 10.0. The van der Waals surface area contributed by atoms with Crippen molar-refractivity contribution in [2.75, 3.05) is 26.2 Å². The maximum atomic E-state index is 12.2. The summed E-state index contributed by atoms with van der Waals surface area (Å²) in [5.74, 6) is -0.124. The highest BCUT2D eigenvalue weighted by Crippen LogP contribution is 2.37. The zero-order chi connectivity index (χ0) is 24.5. The Kier molecular flexibility index (Phi) is 6.77. The van der Waals surface area contributed by atoms with Gasteiger partial charge >= 0.3 is 0 Å². The van der Waals surface area contributed by atoms with Crippen molar-refractivity contribution < 1.29 is 14.7 Å². The third-order valence-electron chi connectivity index (χ3n) is 6.16. The Morgan fingerprint density at radius 3 is 2.71 bits per heavy atom. The molecule has 1 atom stereocenters. The van der Waals surface area contributed by atoms with Crippen LogP contribution < -0.4 is 10.5 Å². The van der Waals surface area contributed by atoms with Crippen molar-refractivity contribution in [2.45, 2.75) is 19.6 Å². The number of fused-ring (bicyclic) bond motifs is 1. The van der Waals surface area contributed by atoms with Crippen LogP contribution in [0.25, 0.3) is 16.0 Å². The number of hydrogen-bond donors (Lipinski definition) is 2. The molecule has 182 valence electrons. The second kappa shape index (κ2) is 9.96. The summed E-state index contributed by atoms with van der Waals surface area (Å²) < 4.78 is 8.11. The number of piperazine rings is 1. The Hall–Kier alpha value is -2.95. The van der Waals surface area contributed by atoms with E-state index in [1.54, 1.807) is 6.33 Å². The third-order valence-corrected chi connectivity index (χ3v) is 7.63. The molecule has 35 heavy (non-hydrogen) atoms. The van der Waals surface area contributed by atoms with Gasteiger partial charge in [0.05, 0.1) is 11.0 Å². The fourth-order valence-corrected chi connectivity index (χ4v) is 5.50. The van der Waals surface area contributed by atoms with Gasteiger partial charge in [-0.1, -0.05) is 35.9 Å². The zero-order valence-electron chi connectivity index (χ0n) is 19.2. The zero-order valence-corrected chi connectivity index (χ0v) is 20.8. The molecule has 1 fully saturated rings. The van der Waals surface area contributed by atoms with Crippen molar-refractivity contribution in [3.05, 3.63) is 75.9 Å². The minimum absolute atomic E-state index is 0.346. The van der Waals surface area contributed by atoms with Gasteiger partial charge in [-0.2, -0.15) is 5.06 Å². The molecule has 3 N–H and O–H groups in total. The van der Waals surface area contributed by atoms with Crippen LogP contribution in [0, 0.1) is 0 Å². The molecule has 0 bridgehead atoms. The van der Waals surface area contributed by atoms with Gasteiger partial charge in [-0.3, -0.25) is 14.3 Å².